The molecule has 2 atom stereocenters. The Bertz CT molecular complexity index is 1220. The molecule has 0 aliphatic heterocycles. The lowest BCUT2D eigenvalue weighted by molar-refractivity contribution is -0.141. The van der Waals surface area contributed by atoms with Crippen molar-refractivity contribution in [1.82, 2.24) is 0 Å². The van der Waals surface area contributed by atoms with E-state index in [9.17, 15) is 19.5 Å². The van der Waals surface area contributed by atoms with Crippen molar-refractivity contribution in [2.24, 2.45) is 0 Å². The first kappa shape index (κ1) is 28.1. The number of nitrogens with one attached hydrogen (secondary N) is 1. The first-order chi connectivity index (χ1) is 17.8. The number of esters is 1. The highest BCUT2D eigenvalue weighted by molar-refractivity contribution is 9.10. The fourth-order valence-electron chi connectivity index (χ4n) is 3.42. The van der Waals surface area contributed by atoms with Crippen LogP contribution in [0.25, 0.3) is 0 Å². The number of benzene rings is 3. The molecular weight excluding hydrogens is 562 g/mol. The number of hydrogen-bond acceptors (Lipinski definition) is 8. The molecule has 0 fully saturated rings. The van der Waals surface area contributed by atoms with Gasteiger partial charge in [-0.2, -0.15) is 12.6 Å². The first-order valence-corrected chi connectivity index (χ1v) is 12.7. The van der Waals surface area contributed by atoms with Crippen molar-refractivity contribution < 1.29 is 33.7 Å². The van der Waals surface area contributed by atoms with Gasteiger partial charge in [0.25, 0.3) is 0 Å². The third-order valence-corrected chi connectivity index (χ3v) is 5.98. The Balaban J connectivity index is 1.90. The lowest BCUT2D eigenvalue weighted by Gasteiger charge is -2.29. The lowest BCUT2D eigenvalue weighted by Crippen LogP contribution is -2.32. The number of hydrogen-bond donors (Lipinski definition) is 3. The zero-order valence-corrected chi connectivity index (χ0v) is 22.4. The molecule has 194 valence electrons. The van der Waals surface area contributed by atoms with Gasteiger partial charge in [-0.15, -0.1) is 0 Å². The Hall–Kier alpha value is -3.50. The Morgan fingerprint density at radius 1 is 1.03 bits per heavy atom. The summed E-state index contributed by atoms with van der Waals surface area (Å²) >= 11 is 7.30. The maximum absolute atomic E-state index is 13.0. The van der Waals surface area contributed by atoms with E-state index in [0.717, 1.165) is 0 Å². The van der Waals surface area contributed by atoms with Crippen molar-refractivity contribution >= 4 is 52.1 Å². The number of phenolic OH excluding ortho intramolecular Hbond substituents is 1. The normalized spacial score (nSPS) is 12.2. The zero-order valence-electron chi connectivity index (χ0n) is 19.9. The maximum atomic E-state index is 13.0. The number of thiol groups is 1. The van der Waals surface area contributed by atoms with E-state index in [1.54, 1.807) is 60.7 Å². The van der Waals surface area contributed by atoms with Gasteiger partial charge < -0.3 is 19.3 Å². The summed E-state index contributed by atoms with van der Waals surface area (Å²) in [6, 6.07) is 20.0. The second kappa shape index (κ2) is 13.7. The number of phenols is 1. The summed E-state index contributed by atoms with van der Waals surface area (Å²) < 4.78 is 17.8. The van der Waals surface area contributed by atoms with Gasteiger partial charge in [-0.25, -0.2) is 4.79 Å². The summed E-state index contributed by atoms with van der Waals surface area (Å²) in [5, 5.41) is 13.3. The standard InChI is InChI=1S/C27H26BrNO7S/c1-17(30)18-7-10-20(11-8-18)29-27(33)36-26(22-15-19(28)9-12-23(22)31)24(13-14-34-25(32)16-37)35-21-5-3-2-4-6-21/h2-12,15,24,26,31,37H,13-14,16H2,1H3,(H,29,33)/t24-,26-/m0/s1. The number of halogens is 1. The van der Waals surface area contributed by atoms with Gasteiger partial charge in [-0.1, -0.05) is 34.1 Å². The van der Waals surface area contributed by atoms with Crippen LogP contribution in [0.5, 0.6) is 11.5 Å². The lowest BCUT2D eigenvalue weighted by atomic mass is 10.0. The number of para-hydroxylation sites is 1. The van der Waals surface area contributed by atoms with Gasteiger partial charge in [0.05, 0.1) is 12.4 Å². The van der Waals surface area contributed by atoms with Crippen LogP contribution in [0.1, 0.15) is 35.4 Å². The van der Waals surface area contributed by atoms with Crippen LogP contribution in [0.15, 0.2) is 77.3 Å². The molecule has 1 amide bonds. The maximum Gasteiger partial charge on any atom is 0.412 e. The topological polar surface area (TPSA) is 111 Å². The Morgan fingerprint density at radius 2 is 1.73 bits per heavy atom. The highest BCUT2D eigenvalue weighted by atomic mass is 79.9. The number of Topliss-reactive ketones (excluding diaryl/α,β-unsaturated/α-hetero) is 1. The molecule has 3 aromatic carbocycles. The highest BCUT2D eigenvalue weighted by Crippen LogP contribution is 2.35. The molecule has 3 rings (SSSR count). The molecule has 0 aliphatic rings. The Labute approximate surface area is 228 Å². The molecule has 0 unspecified atom stereocenters. The van der Waals surface area contributed by atoms with Crippen LogP contribution >= 0.6 is 28.6 Å². The summed E-state index contributed by atoms with van der Waals surface area (Å²) in [4.78, 5) is 36.1. The molecule has 3 aromatic rings. The SMILES string of the molecule is CC(=O)c1ccc(NC(=O)O[C@@H](c2cc(Br)ccc2O)[C@H](CCOC(=O)CS)Oc2ccccc2)cc1. The number of aromatic hydroxyl groups is 1. The molecule has 0 bridgehead atoms. The van der Waals surface area contributed by atoms with Crippen molar-refractivity contribution in [3.05, 3.63) is 88.4 Å². The minimum Gasteiger partial charge on any atom is -0.508 e. The van der Waals surface area contributed by atoms with Crippen LogP contribution in [0.2, 0.25) is 0 Å². The van der Waals surface area contributed by atoms with E-state index in [1.165, 1.54) is 13.0 Å². The molecule has 0 saturated heterocycles. The largest absolute Gasteiger partial charge is 0.508 e. The number of ketones is 1. The van der Waals surface area contributed by atoms with Crippen LogP contribution in [0, 0.1) is 0 Å². The molecule has 0 aliphatic carbocycles. The summed E-state index contributed by atoms with van der Waals surface area (Å²) in [5.41, 5.74) is 1.20. The van der Waals surface area contributed by atoms with Crippen LogP contribution in [-0.2, 0) is 14.3 Å². The minimum absolute atomic E-state index is 0.0281. The Morgan fingerprint density at radius 3 is 2.38 bits per heavy atom. The molecule has 2 N–H and O–H groups in total. The second-order valence-corrected chi connectivity index (χ2v) is 9.16. The average molecular weight is 588 g/mol. The molecule has 0 aromatic heterocycles. The van der Waals surface area contributed by atoms with Crippen LogP contribution in [0.4, 0.5) is 10.5 Å². The second-order valence-electron chi connectivity index (χ2n) is 7.92. The van der Waals surface area contributed by atoms with Gasteiger partial charge >= 0.3 is 12.1 Å². The van der Waals surface area contributed by atoms with E-state index < -0.39 is 24.3 Å². The zero-order chi connectivity index (χ0) is 26.8. The van der Waals surface area contributed by atoms with E-state index in [0.29, 0.717) is 21.5 Å². The van der Waals surface area contributed by atoms with Gasteiger partial charge in [-0.3, -0.25) is 14.9 Å². The minimum atomic E-state index is -1.09. The summed E-state index contributed by atoms with van der Waals surface area (Å²) in [5.74, 6) is -0.297. The fourth-order valence-corrected chi connectivity index (χ4v) is 3.89. The van der Waals surface area contributed by atoms with Crippen LogP contribution < -0.4 is 10.1 Å². The number of ether oxygens (including phenoxy) is 3. The predicted molar refractivity (Wildman–Crippen MR) is 145 cm³/mol. The van der Waals surface area contributed by atoms with Crippen LogP contribution in [0.3, 0.4) is 0 Å². The van der Waals surface area contributed by atoms with Crippen molar-refractivity contribution in [3.63, 3.8) is 0 Å². The number of rotatable bonds is 11. The van der Waals surface area contributed by atoms with E-state index >= 15 is 0 Å². The van der Waals surface area contributed by atoms with Gasteiger partial charge in [0, 0.05) is 27.7 Å². The molecule has 10 heteroatoms. The first-order valence-electron chi connectivity index (χ1n) is 11.3. The molecule has 0 spiro atoms. The smallest absolute Gasteiger partial charge is 0.412 e. The van der Waals surface area contributed by atoms with Crippen LogP contribution in [-0.4, -0.2) is 41.4 Å². The summed E-state index contributed by atoms with van der Waals surface area (Å²) in [6.07, 6.45) is -2.61. The molecule has 37 heavy (non-hydrogen) atoms. The summed E-state index contributed by atoms with van der Waals surface area (Å²) in [7, 11) is 0. The number of carbonyl (C=O) groups is 3. The van der Waals surface area contributed by atoms with Crippen molar-refractivity contribution in [3.8, 4) is 11.5 Å². The molecule has 0 radical (unpaired) electrons. The van der Waals surface area contributed by atoms with Gasteiger partial charge in [0.1, 0.15) is 17.6 Å². The third kappa shape index (κ3) is 8.54. The van der Waals surface area contributed by atoms with Crippen molar-refractivity contribution in [1.29, 1.82) is 0 Å². The Kier molecular flexibility index (Phi) is 10.4. The third-order valence-electron chi connectivity index (χ3n) is 5.23. The predicted octanol–water partition coefficient (Wildman–Crippen LogP) is 5.96. The number of carbonyl (C=O) groups excluding carboxylic acids is 3. The van der Waals surface area contributed by atoms with E-state index in [-0.39, 0.29) is 35.9 Å². The average Bonchev–Trinajstić information content (AvgIpc) is 2.89. The fraction of sp³-hybridized carbons (Fsp3) is 0.222. The number of amides is 1. The van der Waals surface area contributed by atoms with Crippen molar-refractivity contribution in [2.45, 2.75) is 25.6 Å². The quantitative estimate of drug-likeness (QED) is 0.144. The summed E-state index contributed by atoms with van der Waals surface area (Å²) in [6.45, 7) is 1.42. The van der Waals surface area contributed by atoms with E-state index in [4.69, 9.17) is 14.2 Å². The molecule has 0 saturated carbocycles. The molecule has 8 nitrogen and oxygen atoms in total. The van der Waals surface area contributed by atoms with E-state index in [2.05, 4.69) is 33.9 Å². The van der Waals surface area contributed by atoms with Gasteiger partial charge in [0.15, 0.2) is 11.9 Å². The van der Waals surface area contributed by atoms with Gasteiger partial charge in [-0.05, 0) is 61.5 Å². The van der Waals surface area contributed by atoms with Crippen molar-refractivity contribution in [2.75, 3.05) is 17.7 Å². The van der Waals surface area contributed by atoms with Gasteiger partial charge in [0.2, 0.25) is 0 Å². The monoisotopic (exact) mass is 587 g/mol. The highest BCUT2D eigenvalue weighted by Gasteiger charge is 2.32. The molecular formula is C27H26BrNO7S. The van der Waals surface area contributed by atoms with E-state index in [1.807, 2.05) is 6.07 Å². The molecule has 0 heterocycles. The number of anilines is 1.